The summed E-state index contributed by atoms with van der Waals surface area (Å²) in [5, 5.41) is 8.39. The molecule has 160 valence electrons. The molecule has 6 nitrogen and oxygen atoms in total. The third-order valence-electron chi connectivity index (χ3n) is 4.11. The van der Waals surface area contributed by atoms with Crippen molar-refractivity contribution in [2.24, 2.45) is 5.14 Å². The predicted molar refractivity (Wildman–Crippen MR) is 109 cm³/mol. The summed E-state index contributed by atoms with van der Waals surface area (Å²) in [5.74, 6) is -0.631. The Labute approximate surface area is 175 Å². The van der Waals surface area contributed by atoms with Crippen LogP contribution in [0.3, 0.4) is 0 Å². The molecule has 0 fully saturated rings. The maximum absolute atomic E-state index is 12.8. The fourth-order valence-electron chi connectivity index (χ4n) is 2.95. The molecule has 0 radical (unpaired) electrons. The molecule has 3 rings (SSSR count). The van der Waals surface area contributed by atoms with Crippen molar-refractivity contribution in [1.82, 2.24) is 4.98 Å². The number of rotatable bonds is 7. The first-order valence-corrected chi connectivity index (χ1v) is 10.8. The lowest BCUT2D eigenvalue weighted by Crippen LogP contribution is -2.17. The quantitative estimate of drug-likeness (QED) is 0.516. The molecule has 3 N–H and O–H groups in total. The number of aromatic nitrogens is 1. The van der Waals surface area contributed by atoms with Gasteiger partial charge >= 0.3 is 6.36 Å². The summed E-state index contributed by atoms with van der Waals surface area (Å²) in [6.45, 7) is 0.379. The number of pyridine rings is 1. The van der Waals surface area contributed by atoms with Gasteiger partial charge in [-0.2, -0.15) is 0 Å². The maximum atomic E-state index is 12.8. The normalized spacial score (nSPS) is 12.2. The number of nitrogens with two attached hydrogens (primary N) is 1. The summed E-state index contributed by atoms with van der Waals surface area (Å²) in [5.41, 5.74) is 2.08. The number of hydrogen-bond donors (Lipinski definition) is 2. The number of sulfonamides is 1. The molecule has 0 saturated carbocycles. The molecular formula is C19H17ClF3N3O3S. The van der Waals surface area contributed by atoms with E-state index in [-0.39, 0.29) is 27.6 Å². The summed E-state index contributed by atoms with van der Waals surface area (Å²) < 4.78 is 64.7. The van der Waals surface area contributed by atoms with Crippen molar-refractivity contribution in [2.75, 3.05) is 11.9 Å². The average molecular weight is 460 g/mol. The third kappa shape index (κ3) is 6.22. The number of nitrogens with zero attached hydrogens (tertiary/aromatic N) is 1. The summed E-state index contributed by atoms with van der Waals surface area (Å²) in [6, 6.07) is 12.4. The number of ether oxygens (including phenoxy) is 1. The van der Waals surface area contributed by atoms with Gasteiger partial charge in [0.25, 0.3) is 0 Å². The van der Waals surface area contributed by atoms with Gasteiger partial charge in [0.05, 0.1) is 22.3 Å². The number of halogens is 4. The first-order chi connectivity index (χ1) is 14.0. The zero-order chi connectivity index (χ0) is 21.9. The Balaban J connectivity index is 1.77. The number of primary sulfonamides is 1. The topological polar surface area (TPSA) is 94.3 Å². The molecule has 0 aliphatic heterocycles. The van der Waals surface area contributed by atoms with Crippen molar-refractivity contribution in [1.29, 1.82) is 0 Å². The highest BCUT2D eigenvalue weighted by Crippen LogP contribution is 2.36. The van der Waals surface area contributed by atoms with E-state index in [2.05, 4.69) is 15.0 Å². The lowest BCUT2D eigenvalue weighted by atomic mass is 10.1. The molecule has 0 spiro atoms. The molecule has 0 bridgehead atoms. The summed E-state index contributed by atoms with van der Waals surface area (Å²) in [6.07, 6.45) is -4.32. The van der Waals surface area contributed by atoms with Crippen LogP contribution in [0.15, 0.2) is 48.5 Å². The SMILES string of the molecule is NS(=O)(=O)Cc1ccc(CCNc2cc(Cl)nc3cccc(OC(F)(F)F)c23)cc1. The first-order valence-electron chi connectivity index (χ1n) is 8.67. The summed E-state index contributed by atoms with van der Waals surface area (Å²) >= 11 is 6.00. The monoisotopic (exact) mass is 459 g/mol. The van der Waals surface area contributed by atoms with Crippen LogP contribution >= 0.6 is 11.6 Å². The van der Waals surface area contributed by atoms with E-state index in [1.165, 1.54) is 18.2 Å². The Morgan fingerprint density at radius 2 is 1.77 bits per heavy atom. The van der Waals surface area contributed by atoms with Crippen LogP contribution in [0.5, 0.6) is 5.75 Å². The molecule has 3 aromatic rings. The highest BCUT2D eigenvalue weighted by atomic mass is 35.5. The van der Waals surface area contributed by atoms with Crippen molar-refractivity contribution in [3.05, 3.63) is 64.8 Å². The molecule has 0 unspecified atom stereocenters. The van der Waals surface area contributed by atoms with Gasteiger partial charge in [-0.15, -0.1) is 13.2 Å². The van der Waals surface area contributed by atoms with Crippen LogP contribution in [-0.4, -0.2) is 26.3 Å². The number of anilines is 1. The number of nitrogens with one attached hydrogen (secondary N) is 1. The van der Waals surface area contributed by atoms with Gasteiger partial charge in [-0.1, -0.05) is 41.9 Å². The Kier molecular flexibility index (Phi) is 6.39. The second-order valence-corrected chi connectivity index (χ2v) is 8.49. The van der Waals surface area contributed by atoms with Crippen LogP contribution in [0.2, 0.25) is 5.15 Å². The van der Waals surface area contributed by atoms with Crippen LogP contribution in [-0.2, 0) is 22.2 Å². The average Bonchev–Trinajstić information content (AvgIpc) is 2.60. The first kappa shape index (κ1) is 22.1. The highest BCUT2D eigenvalue weighted by Gasteiger charge is 2.32. The Bertz CT molecular complexity index is 1150. The summed E-state index contributed by atoms with van der Waals surface area (Å²) in [7, 11) is -3.61. The Hall–Kier alpha value is -2.56. The minimum absolute atomic E-state index is 0.126. The van der Waals surface area contributed by atoms with Gasteiger partial charge in [0.2, 0.25) is 10.0 Å². The maximum Gasteiger partial charge on any atom is 0.573 e. The molecule has 0 aliphatic rings. The lowest BCUT2D eigenvalue weighted by Gasteiger charge is -2.15. The van der Waals surface area contributed by atoms with E-state index in [1.807, 2.05) is 0 Å². The largest absolute Gasteiger partial charge is 0.573 e. The van der Waals surface area contributed by atoms with Crippen molar-refractivity contribution in [3.63, 3.8) is 0 Å². The van der Waals surface area contributed by atoms with Crippen LogP contribution in [0.4, 0.5) is 18.9 Å². The van der Waals surface area contributed by atoms with Gasteiger partial charge < -0.3 is 10.1 Å². The highest BCUT2D eigenvalue weighted by molar-refractivity contribution is 7.88. The fraction of sp³-hybridized carbons (Fsp3) is 0.211. The number of alkyl halides is 3. The minimum atomic E-state index is -4.84. The van der Waals surface area contributed by atoms with Gasteiger partial charge in [-0.25, -0.2) is 18.5 Å². The Morgan fingerprint density at radius 3 is 2.40 bits per heavy atom. The minimum Gasteiger partial charge on any atom is -0.405 e. The Morgan fingerprint density at radius 1 is 1.10 bits per heavy atom. The molecule has 1 heterocycles. The van der Waals surface area contributed by atoms with Crippen LogP contribution < -0.4 is 15.2 Å². The molecular weight excluding hydrogens is 443 g/mol. The molecule has 0 aliphatic carbocycles. The van der Waals surface area contributed by atoms with E-state index < -0.39 is 16.4 Å². The molecule has 11 heteroatoms. The van der Waals surface area contributed by atoms with Gasteiger partial charge in [0.1, 0.15) is 10.9 Å². The van der Waals surface area contributed by atoms with E-state index in [4.69, 9.17) is 16.7 Å². The van der Waals surface area contributed by atoms with Crippen molar-refractivity contribution >= 4 is 38.2 Å². The van der Waals surface area contributed by atoms with Crippen molar-refractivity contribution < 1.29 is 26.3 Å². The van der Waals surface area contributed by atoms with E-state index >= 15 is 0 Å². The lowest BCUT2D eigenvalue weighted by molar-refractivity contribution is -0.274. The van der Waals surface area contributed by atoms with E-state index in [0.29, 0.717) is 24.2 Å². The zero-order valence-corrected chi connectivity index (χ0v) is 17.0. The van der Waals surface area contributed by atoms with E-state index in [1.54, 1.807) is 30.3 Å². The van der Waals surface area contributed by atoms with E-state index in [9.17, 15) is 21.6 Å². The molecule has 0 saturated heterocycles. The van der Waals surface area contributed by atoms with Crippen molar-refractivity contribution in [3.8, 4) is 5.75 Å². The number of hydrogen-bond acceptors (Lipinski definition) is 5. The second-order valence-electron chi connectivity index (χ2n) is 6.49. The predicted octanol–water partition coefficient (Wildman–Crippen LogP) is 4.23. The van der Waals surface area contributed by atoms with Crippen LogP contribution in [0.25, 0.3) is 10.9 Å². The fourth-order valence-corrected chi connectivity index (χ4v) is 3.80. The van der Waals surface area contributed by atoms with Crippen LogP contribution in [0, 0.1) is 0 Å². The van der Waals surface area contributed by atoms with Gasteiger partial charge in [0, 0.05) is 6.54 Å². The van der Waals surface area contributed by atoms with Crippen LogP contribution in [0.1, 0.15) is 11.1 Å². The summed E-state index contributed by atoms with van der Waals surface area (Å²) in [4.78, 5) is 4.05. The zero-order valence-electron chi connectivity index (χ0n) is 15.4. The smallest absolute Gasteiger partial charge is 0.405 e. The number of fused-ring (bicyclic) bond motifs is 1. The standard InChI is InChI=1S/C19H17ClF3N3O3S/c20-17-10-15(18-14(26-17)2-1-3-16(18)29-19(21,22)23)25-9-8-12-4-6-13(7-5-12)11-30(24,27)28/h1-7,10H,8-9,11H2,(H,25,26)(H2,24,27,28). The molecule has 1 aromatic heterocycles. The van der Waals surface area contributed by atoms with Crippen molar-refractivity contribution in [2.45, 2.75) is 18.5 Å². The molecule has 2 aromatic carbocycles. The second kappa shape index (κ2) is 8.66. The molecule has 0 amide bonds. The number of benzene rings is 2. The van der Waals surface area contributed by atoms with Gasteiger partial charge in [-0.05, 0) is 35.7 Å². The third-order valence-corrected chi connectivity index (χ3v) is 5.04. The van der Waals surface area contributed by atoms with E-state index in [0.717, 1.165) is 5.56 Å². The molecule has 30 heavy (non-hydrogen) atoms. The van der Waals surface area contributed by atoms with Gasteiger partial charge in [-0.3, -0.25) is 0 Å². The van der Waals surface area contributed by atoms with Gasteiger partial charge in [0.15, 0.2) is 0 Å². The molecule has 0 atom stereocenters.